The van der Waals surface area contributed by atoms with Crippen molar-refractivity contribution in [3.63, 3.8) is 0 Å². The molecule has 0 radical (unpaired) electrons. The molecule has 0 bridgehead atoms. The van der Waals surface area contributed by atoms with Gasteiger partial charge in [0.1, 0.15) is 0 Å². The highest BCUT2D eigenvalue weighted by molar-refractivity contribution is 9.10. The molecular weight excluding hydrogens is 358 g/mol. The van der Waals surface area contributed by atoms with Crippen LogP contribution in [0.3, 0.4) is 0 Å². The van der Waals surface area contributed by atoms with Crippen molar-refractivity contribution in [1.29, 1.82) is 0 Å². The van der Waals surface area contributed by atoms with Crippen molar-refractivity contribution >= 4 is 45.1 Å². The van der Waals surface area contributed by atoms with E-state index in [0.717, 1.165) is 5.56 Å². The fourth-order valence-electron chi connectivity index (χ4n) is 1.80. The Bertz CT molecular complexity index is 731. The van der Waals surface area contributed by atoms with Gasteiger partial charge in [0.05, 0.1) is 11.1 Å². The van der Waals surface area contributed by atoms with Crippen molar-refractivity contribution in [2.45, 2.75) is 6.92 Å². The third kappa shape index (κ3) is 3.83. The third-order valence-electron chi connectivity index (χ3n) is 2.77. The van der Waals surface area contributed by atoms with Gasteiger partial charge in [0.15, 0.2) is 0 Å². The summed E-state index contributed by atoms with van der Waals surface area (Å²) in [6.07, 6.45) is 0. The lowest BCUT2D eigenvalue weighted by Crippen LogP contribution is -2.13. The van der Waals surface area contributed by atoms with Gasteiger partial charge < -0.3 is 10.4 Å². The van der Waals surface area contributed by atoms with Gasteiger partial charge in [0, 0.05) is 15.2 Å². The van der Waals surface area contributed by atoms with Crippen LogP contribution in [0, 0.1) is 6.92 Å². The van der Waals surface area contributed by atoms with E-state index in [1.807, 2.05) is 13.0 Å². The highest BCUT2D eigenvalue weighted by Crippen LogP contribution is 2.22. The number of carbonyl (C=O) groups excluding carboxylic acids is 1. The molecule has 108 valence electrons. The summed E-state index contributed by atoms with van der Waals surface area (Å²) in [5, 5.41) is 11.9. The molecule has 21 heavy (non-hydrogen) atoms. The molecule has 2 N–H and O–H groups in total. The molecule has 0 unspecified atom stereocenters. The molecule has 2 rings (SSSR count). The zero-order valence-corrected chi connectivity index (χ0v) is 13.3. The van der Waals surface area contributed by atoms with Crippen molar-refractivity contribution in [3.05, 3.63) is 62.6 Å². The first-order valence-corrected chi connectivity index (χ1v) is 7.15. The molecule has 0 aliphatic carbocycles. The number of carboxylic acid groups (broad SMARTS) is 1. The predicted octanol–water partition coefficient (Wildman–Crippen LogP) is 4.36. The minimum atomic E-state index is -1.11. The standard InChI is InChI=1S/C15H11BrClNO3/c1-8-2-3-13(16)12(4-8)14(19)18-11-6-9(15(20)21)5-10(17)7-11/h2-7H,1H3,(H,18,19)(H,20,21). The number of aryl methyl sites for hydroxylation is 1. The normalized spacial score (nSPS) is 10.2. The largest absolute Gasteiger partial charge is 0.478 e. The first kappa shape index (κ1) is 15.5. The molecule has 0 saturated carbocycles. The van der Waals surface area contributed by atoms with Crippen LogP contribution < -0.4 is 5.32 Å². The molecule has 6 heteroatoms. The minimum absolute atomic E-state index is 0.0149. The summed E-state index contributed by atoms with van der Waals surface area (Å²) in [5.74, 6) is -1.45. The smallest absolute Gasteiger partial charge is 0.335 e. The number of halogens is 2. The number of carboxylic acids is 1. The molecule has 1 amide bonds. The highest BCUT2D eigenvalue weighted by atomic mass is 79.9. The van der Waals surface area contributed by atoms with E-state index in [1.165, 1.54) is 18.2 Å². The molecule has 0 aliphatic rings. The van der Waals surface area contributed by atoms with E-state index in [4.69, 9.17) is 16.7 Å². The maximum absolute atomic E-state index is 12.2. The number of carbonyl (C=O) groups is 2. The SMILES string of the molecule is Cc1ccc(Br)c(C(=O)Nc2cc(Cl)cc(C(=O)O)c2)c1. The molecule has 0 atom stereocenters. The Morgan fingerprint density at radius 2 is 1.90 bits per heavy atom. The van der Waals surface area contributed by atoms with Crippen LogP contribution in [0.2, 0.25) is 5.02 Å². The Morgan fingerprint density at radius 3 is 2.57 bits per heavy atom. The van der Waals surface area contributed by atoms with Crippen LogP contribution in [0.25, 0.3) is 0 Å². The van der Waals surface area contributed by atoms with E-state index in [1.54, 1.807) is 12.1 Å². The van der Waals surface area contributed by atoms with E-state index in [9.17, 15) is 9.59 Å². The third-order valence-corrected chi connectivity index (χ3v) is 3.68. The maximum atomic E-state index is 12.2. The number of rotatable bonds is 3. The van der Waals surface area contributed by atoms with E-state index < -0.39 is 5.97 Å². The van der Waals surface area contributed by atoms with E-state index in [-0.39, 0.29) is 16.5 Å². The van der Waals surface area contributed by atoms with Crippen molar-refractivity contribution in [2.24, 2.45) is 0 Å². The molecule has 0 spiro atoms. The topological polar surface area (TPSA) is 66.4 Å². The molecule has 2 aromatic carbocycles. The molecule has 2 aromatic rings. The first-order valence-electron chi connectivity index (χ1n) is 5.98. The predicted molar refractivity (Wildman–Crippen MR) is 85.2 cm³/mol. The monoisotopic (exact) mass is 367 g/mol. The van der Waals surface area contributed by atoms with E-state index in [0.29, 0.717) is 15.7 Å². The zero-order valence-electron chi connectivity index (χ0n) is 11.0. The number of aromatic carboxylic acids is 1. The van der Waals surface area contributed by atoms with Crippen LogP contribution >= 0.6 is 27.5 Å². The Kier molecular flexibility index (Phi) is 4.65. The Labute approximate surface area is 134 Å². The van der Waals surface area contributed by atoms with Gasteiger partial charge in [-0.05, 0) is 53.2 Å². The average molecular weight is 369 g/mol. The molecule has 0 aromatic heterocycles. The summed E-state index contributed by atoms with van der Waals surface area (Å²) < 4.78 is 0.658. The Hall–Kier alpha value is -1.85. The maximum Gasteiger partial charge on any atom is 0.335 e. The second kappa shape index (κ2) is 6.28. The summed E-state index contributed by atoms with van der Waals surface area (Å²) in [4.78, 5) is 23.2. The van der Waals surface area contributed by atoms with Gasteiger partial charge in [0.2, 0.25) is 0 Å². The molecule has 0 fully saturated rings. The Morgan fingerprint density at radius 1 is 1.19 bits per heavy atom. The van der Waals surface area contributed by atoms with Crippen LogP contribution in [0.5, 0.6) is 0 Å². The zero-order chi connectivity index (χ0) is 15.6. The van der Waals surface area contributed by atoms with Gasteiger partial charge in [-0.15, -0.1) is 0 Å². The van der Waals surface area contributed by atoms with Crippen LogP contribution in [-0.4, -0.2) is 17.0 Å². The summed E-state index contributed by atoms with van der Waals surface area (Å²) in [5.41, 5.74) is 1.76. The molecule has 0 saturated heterocycles. The average Bonchev–Trinajstić information content (AvgIpc) is 2.40. The van der Waals surface area contributed by atoms with Crippen molar-refractivity contribution < 1.29 is 14.7 Å². The summed E-state index contributed by atoms with van der Waals surface area (Å²) in [7, 11) is 0. The van der Waals surface area contributed by atoms with Crippen LogP contribution in [-0.2, 0) is 0 Å². The van der Waals surface area contributed by atoms with Gasteiger partial charge in [-0.25, -0.2) is 4.79 Å². The van der Waals surface area contributed by atoms with Crippen LogP contribution in [0.1, 0.15) is 26.3 Å². The lowest BCUT2D eigenvalue weighted by molar-refractivity contribution is 0.0696. The summed E-state index contributed by atoms with van der Waals surface area (Å²) in [6, 6.07) is 9.57. The Balaban J connectivity index is 2.31. The fraction of sp³-hybridized carbons (Fsp3) is 0.0667. The molecular formula is C15H11BrClNO3. The second-order valence-corrected chi connectivity index (χ2v) is 5.76. The van der Waals surface area contributed by atoms with Gasteiger partial charge in [-0.3, -0.25) is 4.79 Å². The van der Waals surface area contributed by atoms with E-state index in [2.05, 4.69) is 21.2 Å². The van der Waals surface area contributed by atoms with E-state index >= 15 is 0 Å². The van der Waals surface area contributed by atoms with Gasteiger partial charge in [-0.2, -0.15) is 0 Å². The minimum Gasteiger partial charge on any atom is -0.478 e. The first-order chi connectivity index (χ1) is 9.86. The lowest BCUT2D eigenvalue weighted by atomic mass is 10.1. The molecule has 0 aliphatic heterocycles. The van der Waals surface area contributed by atoms with Gasteiger partial charge in [0.25, 0.3) is 5.91 Å². The van der Waals surface area contributed by atoms with Gasteiger partial charge >= 0.3 is 5.97 Å². The quantitative estimate of drug-likeness (QED) is 0.846. The highest BCUT2D eigenvalue weighted by Gasteiger charge is 2.12. The lowest BCUT2D eigenvalue weighted by Gasteiger charge is -2.09. The van der Waals surface area contributed by atoms with Crippen LogP contribution in [0.4, 0.5) is 5.69 Å². The van der Waals surface area contributed by atoms with Crippen molar-refractivity contribution in [2.75, 3.05) is 5.32 Å². The summed E-state index contributed by atoms with van der Waals surface area (Å²) in [6.45, 7) is 1.88. The van der Waals surface area contributed by atoms with Crippen molar-refractivity contribution in [1.82, 2.24) is 0 Å². The second-order valence-electron chi connectivity index (χ2n) is 4.47. The van der Waals surface area contributed by atoms with Crippen LogP contribution in [0.15, 0.2) is 40.9 Å². The summed E-state index contributed by atoms with van der Waals surface area (Å²) >= 11 is 9.17. The number of hydrogen-bond acceptors (Lipinski definition) is 2. The number of amides is 1. The van der Waals surface area contributed by atoms with Gasteiger partial charge in [-0.1, -0.05) is 23.2 Å². The van der Waals surface area contributed by atoms with Crippen molar-refractivity contribution in [3.8, 4) is 0 Å². The number of benzene rings is 2. The molecule has 0 heterocycles. The number of hydrogen-bond donors (Lipinski definition) is 2. The number of anilines is 1. The fourth-order valence-corrected chi connectivity index (χ4v) is 2.46. The molecule has 4 nitrogen and oxygen atoms in total. The number of nitrogens with one attached hydrogen (secondary N) is 1.